The van der Waals surface area contributed by atoms with Crippen molar-refractivity contribution in [2.45, 2.75) is 13.8 Å². The molecule has 0 saturated carbocycles. The SMILES string of the molecule is Cc1cc2oc(=O)c(Br)c(Cl)c2cc1C. The van der Waals surface area contributed by atoms with Gasteiger partial charge in [0.15, 0.2) is 0 Å². The molecule has 0 atom stereocenters. The second-order valence-corrected chi connectivity index (χ2v) is 4.62. The van der Waals surface area contributed by atoms with Crippen molar-refractivity contribution in [3.8, 4) is 0 Å². The van der Waals surface area contributed by atoms with Gasteiger partial charge in [0.05, 0.1) is 5.02 Å². The van der Waals surface area contributed by atoms with Gasteiger partial charge >= 0.3 is 5.63 Å². The van der Waals surface area contributed by atoms with Crippen molar-refractivity contribution < 1.29 is 4.42 Å². The molecule has 0 radical (unpaired) electrons. The van der Waals surface area contributed by atoms with Gasteiger partial charge in [-0.1, -0.05) is 11.6 Å². The monoisotopic (exact) mass is 286 g/mol. The molecule has 1 heterocycles. The smallest absolute Gasteiger partial charge is 0.352 e. The van der Waals surface area contributed by atoms with Gasteiger partial charge in [0.1, 0.15) is 10.1 Å². The van der Waals surface area contributed by atoms with E-state index in [0.717, 1.165) is 16.5 Å². The first-order chi connectivity index (χ1) is 7.00. The molecule has 0 amide bonds. The molecule has 2 aromatic rings. The Morgan fingerprint density at radius 3 is 2.53 bits per heavy atom. The number of benzene rings is 1. The third-order valence-electron chi connectivity index (χ3n) is 2.41. The molecule has 0 bridgehead atoms. The normalized spacial score (nSPS) is 10.9. The summed E-state index contributed by atoms with van der Waals surface area (Å²) in [7, 11) is 0. The highest BCUT2D eigenvalue weighted by Gasteiger charge is 2.11. The molecule has 0 aliphatic carbocycles. The average molecular weight is 288 g/mol. The third kappa shape index (κ3) is 1.70. The van der Waals surface area contributed by atoms with Gasteiger partial charge in [-0.05, 0) is 53.0 Å². The molecule has 0 fully saturated rings. The summed E-state index contributed by atoms with van der Waals surface area (Å²) in [6, 6.07) is 3.74. The van der Waals surface area contributed by atoms with Gasteiger partial charge < -0.3 is 4.42 Å². The molecule has 4 heteroatoms. The van der Waals surface area contributed by atoms with Crippen molar-refractivity contribution in [3.63, 3.8) is 0 Å². The van der Waals surface area contributed by atoms with E-state index in [1.165, 1.54) is 0 Å². The van der Waals surface area contributed by atoms with Crippen LogP contribution in [0.3, 0.4) is 0 Å². The van der Waals surface area contributed by atoms with Crippen LogP contribution in [0.2, 0.25) is 5.02 Å². The van der Waals surface area contributed by atoms with Gasteiger partial charge in [-0.3, -0.25) is 0 Å². The Morgan fingerprint density at radius 2 is 1.87 bits per heavy atom. The Bertz CT molecular complexity index is 602. The lowest BCUT2D eigenvalue weighted by Crippen LogP contribution is -2.00. The highest BCUT2D eigenvalue weighted by atomic mass is 79.9. The van der Waals surface area contributed by atoms with Crippen LogP contribution in [-0.4, -0.2) is 0 Å². The summed E-state index contributed by atoms with van der Waals surface area (Å²) in [6.07, 6.45) is 0. The zero-order valence-electron chi connectivity index (χ0n) is 8.23. The Hall–Kier alpha value is -0.800. The summed E-state index contributed by atoms with van der Waals surface area (Å²) in [6.45, 7) is 3.95. The number of aryl methyl sites for hydroxylation is 2. The summed E-state index contributed by atoms with van der Waals surface area (Å²) in [5, 5.41) is 1.16. The van der Waals surface area contributed by atoms with E-state index in [-0.39, 0.29) is 4.47 Å². The summed E-state index contributed by atoms with van der Waals surface area (Å²) in [5.74, 6) is 0. The first-order valence-electron chi connectivity index (χ1n) is 4.40. The van der Waals surface area contributed by atoms with Gasteiger partial charge in [0.25, 0.3) is 0 Å². The largest absolute Gasteiger partial charge is 0.422 e. The van der Waals surface area contributed by atoms with Crippen LogP contribution in [0.1, 0.15) is 11.1 Å². The minimum atomic E-state index is -0.448. The maximum Gasteiger partial charge on any atom is 0.352 e. The van der Waals surface area contributed by atoms with Crippen molar-refractivity contribution in [2.24, 2.45) is 0 Å². The minimum Gasteiger partial charge on any atom is -0.422 e. The van der Waals surface area contributed by atoms with E-state index in [0.29, 0.717) is 10.6 Å². The van der Waals surface area contributed by atoms with Gasteiger partial charge in [0, 0.05) is 5.39 Å². The molecule has 0 saturated heterocycles. The Labute approximate surface area is 100.0 Å². The molecule has 1 aromatic carbocycles. The lowest BCUT2D eigenvalue weighted by atomic mass is 10.1. The van der Waals surface area contributed by atoms with Crippen LogP contribution in [0, 0.1) is 13.8 Å². The Morgan fingerprint density at radius 1 is 1.27 bits per heavy atom. The van der Waals surface area contributed by atoms with E-state index in [9.17, 15) is 4.79 Å². The molecule has 2 rings (SSSR count). The van der Waals surface area contributed by atoms with Crippen LogP contribution in [-0.2, 0) is 0 Å². The van der Waals surface area contributed by atoms with Crippen LogP contribution in [0.5, 0.6) is 0 Å². The summed E-state index contributed by atoms with van der Waals surface area (Å²) in [4.78, 5) is 11.4. The second-order valence-electron chi connectivity index (χ2n) is 3.45. The van der Waals surface area contributed by atoms with E-state index in [1.807, 2.05) is 26.0 Å². The highest BCUT2D eigenvalue weighted by molar-refractivity contribution is 9.10. The zero-order chi connectivity index (χ0) is 11.2. The van der Waals surface area contributed by atoms with Gasteiger partial charge in [0.2, 0.25) is 0 Å². The van der Waals surface area contributed by atoms with Crippen molar-refractivity contribution in [1.82, 2.24) is 0 Å². The maximum absolute atomic E-state index is 11.4. The first kappa shape index (κ1) is 10.7. The average Bonchev–Trinajstić information content (AvgIpc) is 2.19. The van der Waals surface area contributed by atoms with Crippen LogP contribution >= 0.6 is 27.5 Å². The van der Waals surface area contributed by atoms with Gasteiger partial charge in [-0.25, -0.2) is 4.79 Å². The van der Waals surface area contributed by atoms with Crippen molar-refractivity contribution >= 4 is 38.5 Å². The fourth-order valence-electron chi connectivity index (χ4n) is 1.40. The molecule has 0 unspecified atom stereocenters. The molecular weight excluding hydrogens is 279 g/mol. The number of fused-ring (bicyclic) bond motifs is 1. The lowest BCUT2D eigenvalue weighted by molar-refractivity contribution is 0.556. The number of rotatable bonds is 0. The molecule has 0 spiro atoms. The number of hydrogen-bond donors (Lipinski definition) is 0. The van der Waals surface area contributed by atoms with Crippen LogP contribution in [0.25, 0.3) is 11.0 Å². The fourth-order valence-corrected chi connectivity index (χ4v) is 1.92. The van der Waals surface area contributed by atoms with E-state index in [4.69, 9.17) is 16.0 Å². The molecule has 2 nitrogen and oxygen atoms in total. The molecule has 0 aliphatic rings. The van der Waals surface area contributed by atoms with Gasteiger partial charge in [-0.2, -0.15) is 0 Å². The van der Waals surface area contributed by atoms with Crippen molar-refractivity contribution in [2.75, 3.05) is 0 Å². The molecule has 0 aliphatic heterocycles. The standard InChI is InChI=1S/C11H8BrClO2/c1-5-3-7-8(4-6(5)2)15-11(14)9(12)10(7)13/h3-4H,1-2H3. The molecular formula is C11H8BrClO2. The van der Waals surface area contributed by atoms with E-state index < -0.39 is 5.63 Å². The van der Waals surface area contributed by atoms with Crippen LogP contribution < -0.4 is 5.63 Å². The summed E-state index contributed by atoms with van der Waals surface area (Å²) in [5.41, 5.74) is 2.27. The Balaban J connectivity index is 3.00. The predicted molar refractivity (Wildman–Crippen MR) is 64.7 cm³/mol. The molecule has 0 N–H and O–H groups in total. The first-order valence-corrected chi connectivity index (χ1v) is 5.57. The molecule has 15 heavy (non-hydrogen) atoms. The lowest BCUT2D eigenvalue weighted by Gasteiger charge is -2.04. The second kappa shape index (κ2) is 3.65. The van der Waals surface area contributed by atoms with E-state index >= 15 is 0 Å². The van der Waals surface area contributed by atoms with Crippen molar-refractivity contribution in [1.29, 1.82) is 0 Å². The van der Waals surface area contributed by atoms with Crippen LogP contribution in [0.15, 0.2) is 25.8 Å². The Kier molecular flexibility index (Phi) is 2.61. The van der Waals surface area contributed by atoms with E-state index in [2.05, 4.69) is 15.9 Å². The quantitative estimate of drug-likeness (QED) is 0.689. The highest BCUT2D eigenvalue weighted by Crippen LogP contribution is 2.29. The molecule has 1 aromatic heterocycles. The maximum atomic E-state index is 11.4. The number of hydrogen-bond acceptors (Lipinski definition) is 2. The zero-order valence-corrected chi connectivity index (χ0v) is 10.6. The van der Waals surface area contributed by atoms with E-state index in [1.54, 1.807) is 0 Å². The summed E-state index contributed by atoms with van der Waals surface area (Å²) < 4.78 is 5.40. The molecule has 78 valence electrons. The van der Waals surface area contributed by atoms with Crippen molar-refractivity contribution in [3.05, 3.63) is 43.2 Å². The topological polar surface area (TPSA) is 30.2 Å². The summed E-state index contributed by atoms with van der Waals surface area (Å²) >= 11 is 9.15. The minimum absolute atomic E-state index is 0.278. The number of halogens is 2. The fraction of sp³-hybridized carbons (Fsp3) is 0.182. The predicted octanol–water partition coefficient (Wildman–Crippen LogP) is 3.83. The van der Waals surface area contributed by atoms with Crippen LogP contribution in [0.4, 0.5) is 0 Å². The third-order valence-corrected chi connectivity index (χ3v) is 3.75. The van der Waals surface area contributed by atoms with Gasteiger partial charge in [-0.15, -0.1) is 0 Å².